The zero-order chi connectivity index (χ0) is 28.7. The van der Waals surface area contributed by atoms with Crippen LogP contribution >= 0.6 is 39.3 Å². The second kappa shape index (κ2) is 11.4. The summed E-state index contributed by atoms with van der Waals surface area (Å²) in [6, 6.07) is 24.0. The van der Waals surface area contributed by atoms with E-state index in [0.717, 1.165) is 11.1 Å². The maximum atomic E-state index is 14.5. The lowest BCUT2D eigenvalue weighted by Crippen LogP contribution is -2.53. The molecule has 2 bridgehead atoms. The molecule has 1 spiro atoms. The number of nitrogens with zero attached hydrogens (tertiary/aromatic N) is 1. The number of anilines is 1. The summed E-state index contributed by atoms with van der Waals surface area (Å²) in [6.07, 6.45) is 0.545. The molecule has 0 aliphatic carbocycles. The summed E-state index contributed by atoms with van der Waals surface area (Å²) >= 11 is 11.4. The van der Waals surface area contributed by atoms with Gasteiger partial charge in [0.25, 0.3) is 0 Å². The van der Waals surface area contributed by atoms with Crippen LogP contribution in [0.1, 0.15) is 23.6 Å². The molecule has 3 heterocycles. The van der Waals surface area contributed by atoms with Gasteiger partial charge in [-0.2, -0.15) is 0 Å². The summed E-state index contributed by atoms with van der Waals surface area (Å²) in [5.74, 6) is -2.16. The number of thioether (sulfide) groups is 1. The van der Waals surface area contributed by atoms with Gasteiger partial charge in [0.1, 0.15) is 6.04 Å². The Morgan fingerprint density at radius 3 is 2.34 bits per heavy atom. The maximum Gasteiger partial charge on any atom is 0.248 e. The van der Waals surface area contributed by atoms with E-state index in [9.17, 15) is 19.5 Å². The number of hydrogen-bond acceptors (Lipinski definition) is 5. The highest BCUT2D eigenvalue weighted by molar-refractivity contribution is 9.09. The number of hydrogen-bond donors (Lipinski definition) is 3. The molecule has 0 radical (unpaired) electrons. The highest BCUT2D eigenvalue weighted by Crippen LogP contribution is 2.68. The number of carbonyl (C=O) groups is 3. The number of fused-ring (bicyclic) bond motifs is 1. The normalized spacial score (nSPS) is 28.8. The van der Waals surface area contributed by atoms with E-state index in [-0.39, 0.29) is 34.4 Å². The Kier molecular flexibility index (Phi) is 7.89. The molecule has 7 atom stereocenters. The van der Waals surface area contributed by atoms with E-state index in [1.165, 1.54) is 4.90 Å². The average molecular weight is 655 g/mol. The lowest BCUT2D eigenvalue weighted by Gasteiger charge is -2.37. The Morgan fingerprint density at radius 1 is 1.02 bits per heavy atom. The van der Waals surface area contributed by atoms with Crippen LogP contribution in [0.2, 0.25) is 5.02 Å². The van der Waals surface area contributed by atoms with E-state index >= 15 is 0 Å². The third-order valence-electron chi connectivity index (χ3n) is 8.39. The minimum absolute atomic E-state index is 0.0564. The van der Waals surface area contributed by atoms with Crippen molar-refractivity contribution in [1.29, 1.82) is 0 Å². The standard InChI is InChI=1S/C31H29BrClN3O4S/c32-22-15-31-25(24(26(22)41-31)28(38)34-16-18-7-3-1-4-8-18)30(40)36(23(17-37)19-9-5-2-6-10-19)27(31)29(39)35-21-13-11-20(33)12-14-21/h1-14,22-27,37H,15-17H2,(H,34,38)(H,35,39)/t22?,23-,24-,25+,26-,27?,31?/m1/s1. The van der Waals surface area contributed by atoms with Crippen LogP contribution in [0.15, 0.2) is 84.9 Å². The number of alkyl halides is 1. The Hall–Kier alpha value is -2.85. The van der Waals surface area contributed by atoms with Crippen molar-refractivity contribution in [3.63, 3.8) is 0 Å². The predicted octanol–water partition coefficient (Wildman–Crippen LogP) is 4.79. The number of aliphatic hydroxyl groups is 1. The smallest absolute Gasteiger partial charge is 0.248 e. The van der Waals surface area contributed by atoms with Gasteiger partial charge in [-0.3, -0.25) is 14.4 Å². The van der Waals surface area contributed by atoms with Gasteiger partial charge >= 0.3 is 0 Å². The van der Waals surface area contributed by atoms with Crippen molar-refractivity contribution in [1.82, 2.24) is 10.2 Å². The van der Waals surface area contributed by atoms with Gasteiger partial charge in [0.2, 0.25) is 17.7 Å². The molecule has 3 aliphatic rings. The van der Waals surface area contributed by atoms with Crippen molar-refractivity contribution in [2.45, 2.75) is 39.9 Å². The maximum absolute atomic E-state index is 14.5. The molecular formula is C31H29BrClN3O4S. The van der Waals surface area contributed by atoms with E-state index < -0.39 is 28.7 Å². The van der Waals surface area contributed by atoms with Gasteiger partial charge in [0.05, 0.1) is 29.2 Å². The molecule has 3 saturated heterocycles. The summed E-state index contributed by atoms with van der Waals surface area (Å²) in [4.78, 5) is 43.9. The fraction of sp³-hybridized carbons (Fsp3) is 0.323. The van der Waals surface area contributed by atoms with Crippen LogP contribution < -0.4 is 10.6 Å². The quantitative estimate of drug-likeness (QED) is 0.304. The number of benzene rings is 3. The number of halogens is 2. The van der Waals surface area contributed by atoms with Crippen molar-refractivity contribution >= 4 is 62.7 Å². The van der Waals surface area contributed by atoms with Crippen LogP contribution in [0.3, 0.4) is 0 Å². The first-order valence-electron chi connectivity index (χ1n) is 13.5. The number of aliphatic hydroxyl groups excluding tert-OH is 1. The highest BCUT2D eigenvalue weighted by atomic mass is 79.9. The Balaban J connectivity index is 1.38. The molecule has 6 rings (SSSR count). The van der Waals surface area contributed by atoms with E-state index in [4.69, 9.17) is 11.6 Å². The molecule has 3 amide bonds. The molecule has 3 unspecified atom stereocenters. The summed E-state index contributed by atoms with van der Waals surface area (Å²) in [7, 11) is 0. The van der Waals surface area contributed by atoms with E-state index in [0.29, 0.717) is 23.7 Å². The van der Waals surface area contributed by atoms with Crippen LogP contribution in [0.4, 0.5) is 5.69 Å². The van der Waals surface area contributed by atoms with Crippen LogP contribution in [0.25, 0.3) is 0 Å². The topological polar surface area (TPSA) is 98.7 Å². The Labute approximate surface area is 256 Å². The molecule has 41 heavy (non-hydrogen) atoms. The molecular weight excluding hydrogens is 626 g/mol. The minimum Gasteiger partial charge on any atom is -0.394 e. The first-order chi connectivity index (χ1) is 19.8. The van der Waals surface area contributed by atoms with Gasteiger partial charge in [-0.15, -0.1) is 11.8 Å². The highest BCUT2D eigenvalue weighted by Gasteiger charge is 2.76. The lowest BCUT2D eigenvalue weighted by molar-refractivity contribution is -0.142. The van der Waals surface area contributed by atoms with Gasteiger partial charge in [-0.25, -0.2) is 0 Å². The zero-order valence-corrected chi connectivity index (χ0v) is 25.1. The Morgan fingerprint density at radius 2 is 1.68 bits per heavy atom. The number of carbonyl (C=O) groups excluding carboxylic acids is 3. The molecule has 212 valence electrons. The number of nitrogens with one attached hydrogen (secondary N) is 2. The average Bonchev–Trinajstić information content (AvgIpc) is 3.58. The monoisotopic (exact) mass is 653 g/mol. The molecule has 0 saturated carbocycles. The van der Waals surface area contributed by atoms with Gasteiger partial charge in [-0.05, 0) is 41.8 Å². The van der Waals surface area contributed by atoms with Crippen molar-refractivity contribution in [2.75, 3.05) is 11.9 Å². The first kappa shape index (κ1) is 28.3. The van der Waals surface area contributed by atoms with Gasteiger partial charge in [0.15, 0.2) is 0 Å². The van der Waals surface area contributed by atoms with Crippen molar-refractivity contribution in [3.8, 4) is 0 Å². The largest absolute Gasteiger partial charge is 0.394 e. The minimum atomic E-state index is -0.907. The second-order valence-corrected chi connectivity index (χ2v) is 13.9. The predicted molar refractivity (Wildman–Crippen MR) is 164 cm³/mol. The summed E-state index contributed by atoms with van der Waals surface area (Å²) in [5, 5.41) is 17.0. The summed E-state index contributed by atoms with van der Waals surface area (Å²) < 4.78 is -0.844. The third-order valence-corrected chi connectivity index (χ3v) is 11.9. The van der Waals surface area contributed by atoms with Crippen LogP contribution in [-0.2, 0) is 20.9 Å². The van der Waals surface area contributed by atoms with Crippen molar-refractivity contribution in [2.24, 2.45) is 11.8 Å². The molecule has 3 fully saturated rings. The van der Waals surface area contributed by atoms with Crippen LogP contribution in [0.5, 0.6) is 0 Å². The van der Waals surface area contributed by atoms with E-state index in [1.807, 2.05) is 60.7 Å². The SMILES string of the molecule is O=C(Nc1ccc(Cl)cc1)C1N([C@H](CO)c2ccccc2)C(=O)[C@@H]2[C@@H](C(=O)NCc3ccccc3)[C@@H]3SC12CC3Br. The van der Waals surface area contributed by atoms with E-state index in [1.54, 1.807) is 36.0 Å². The third kappa shape index (κ3) is 4.96. The molecule has 3 aromatic rings. The van der Waals surface area contributed by atoms with Gasteiger partial charge in [0, 0.05) is 27.3 Å². The van der Waals surface area contributed by atoms with Crippen LogP contribution in [0, 0.1) is 11.8 Å². The van der Waals surface area contributed by atoms with Gasteiger partial charge in [-0.1, -0.05) is 88.2 Å². The summed E-state index contributed by atoms with van der Waals surface area (Å²) in [6.45, 7) is -0.0120. The number of rotatable bonds is 8. The molecule has 3 aromatic carbocycles. The Bertz CT molecular complexity index is 1450. The first-order valence-corrected chi connectivity index (χ1v) is 15.7. The van der Waals surface area contributed by atoms with Gasteiger partial charge < -0.3 is 20.6 Å². The molecule has 7 nitrogen and oxygen atoms in total. The second-order valence-electron chi connectivity index (χ2n) is 10.7. The molecule has 0 aromatic heterocycles. The molecule has 3 N–H and O–H groups in total. The fourth-order valence-corrected chi connectivity index (χ4v) is 10.4. The molecule has 3 aliphatic heterocycles. The van der Waals surface area contributed by atoms with E-state index in [2.05, 4.69) is 26.6 Å². The molecule has 10 heteroatoms. The lowest BCUT2D eigenvalue weighted by atomic mass is 9.70. The zero-order valence-electron chi connectivity index (χ0n) is 22.0. The van der Waals surface area contributed by atoms with Crippen LogP contribution in [-0.4, -0.2) is 55.2 Å². The number of likely N-dealkylation sites (tertiary alicyclic amines) is 1. The van der Waals surface area contributed by atoms with Crippen molar-refractivity contribution < 1.29 is 19.5 Å². The van der Waals surface area contributed by atoms with Crippen molar-refractivity contribution in [3.05, 3.63) is 101 Å². The number of amides is 3. The fourth-order valence-electron chi connectivity index (χ4n) is 6.68. The summed E-state index contributed by atoms with van der Waals surface area (Å²) in [5.41, 5.74) is 2.24.